The Kier molecular flexibility index (Phi) is 3.72. The van der Waals surface area contributed by atoms with Gasteiger partial charge in [-0.2, -0.15) is 5.26 Å². The van der Waals surface area contributed by atoms with Crippen LogP contribution >= 0.6 is 11.6 Å². The Bertz CT molecular complexity index is 423. The average Bonchev–Trinajstić information content (AvgIpc) is 2.20. The summed E-state index contributed by atoms with van der Waals surface area (Å²) >= 11 is 5.76. The van der Waals surface area contributed by atoms with Gasteiger partial charge in [0.1, 0.15) is 5.92 Å². The van der Waals surface area contributed by atoms with Gasteiger partial charge in [-0.05, 0) is 17.7 Å². The number of hydrogen-bond donors (Lipinski definition) is 0. The molecule has 3 heteroatoms. The topological polar surface area (TPSA) is 40.9 Å². The van der Waals surface area contributed by atoms with Crippen molar-refractivity contribution in [3.63, 3.8) is 0 Å². The zero-order chi connectivity index (χ0) is 12.3. The molecule has 0 saturated carbocycles. The Morgan fingerprint density at radius 1 is 1.31 bits per heavy atom. The fourth-order valence-corrected chi connectivity index (χ4v) is 1.50. The van der Waals surface area contributed by atoms with Gasteiger partial charge < -0.3 is 0 Å². The Hall–Kier alpha value is -1.33. The zero-order valence-corrected chi connectivity index (χ0v) is 10.4. The summed E-state index contributed by atoms with van der Waals surface area (Å²) in [6.45, 7) is 5.45. The third-order valence-corrected chi connectivity index (χ3v) is 2.59. The number of benzene rings is 1. The Morgan fingerprint density at radius 3 is 2.19 bits per heavy atom. The monoisotopic (exact) mass is 235 g/mol. The molecule has 0 bridgehead atoms. The maximum atomic E-state index is 12.0. The second-order valence-electron chi connectivity index (χ2n) is 4.73. The van der Waals surface area contributed by atoms with Crippen LogP contribution in [-0.4, -0.2) is 5.78 Å². The standard InChI is InChI=1S/C13H14ClNO/c1-13(2,3)12(16)11(8-15)9-4-6-10(14)7-5-9/h4-7,11H,1-3H3. The fourth-order valence-electron chi connectivity index (χ4n) is 1.37. The molecule has 0 saturated heterocycles. The van der Waals surface area contributed by atoms with Gasteiger partial charge in [0, 0.05) is 10.4 Å². The average molecular weight is 236 g/mol. The van der Waals surface area contributed by atoms with E-state index in [0.717, 1.165) is 0 Å². The first-order valence-corrected chi connectivity index (χ1v) is 5.43. The van der Waals surface area contributed by atoms with E-state index >= 15 is 0 Å². The number of ketones is 1. The smallest absolute Gasteiger partial charge is 0.159 e. The van der Waals surface area contributed by atoms with Gasteiger partial charge >= 0.3 is 0 Å². The Labute approximate surface area is 101 Å². The molecule has 0 fully saturated rings. The zero-order valence-electron chi connectivity index (χ0n) is 9.62. The van der Waals surface area contributed by atoms with Crippen LogP contribution in [0, 0.1) is 16.7 Å². The van der Waals surface area contributed by atoms with E-state index in [9.17, 15) is 4.79 Å². The van der Waals surface area contributed by atoms with Gasteiger partial charge in [0.15, 0.2) is 5.78 Å². The van der Waals surface area contributed by atoms with Crippen LogP contribution in [0.2, 0.25) is 5.02 Å². The number of rotatable bonds is 2. The number of carbonyl (C=O) groups excluding carboxylic acids is 1. The van der Waals surface area contributed by atoms with Crippen molar-refractivity contribution < 1.29 is 4.79 Å². The van der Waals surface area contributed by atoms with Gasteiger partial charge in [0.25, 0.3) is 0 Å². The quantitative estimate of drug-likeness (QED) is 0.787. The summed E-state index contributed by atoms with van der Waals surface area (Å²) < 4.78 is 0. The molecule has 1 rings (SSSR count). The number of Topliss-reactive ketones (excluding diaryl/α,β-unsaturated/α-hetero) is 1. The van der Waals surface area contributed by atoms with Gasteiger partial charge in [-0.15, -0.1) is 0 Å². The predicted octanol–water partition coefficient (Wildman–Crippen LogP) is 3.56. The van der Waals surface area contributed by atoms with E-state index in [-0.39, 0.29) is 5.78 Å². The van der Waals surface area contributed by atoms with Crippen LogP contribution < -0.4 is 0 Å². The molecule has 0 radical (unpaired) electrons. The molecule has 84 valence electrons. The molecule has 0 heterocycles. The molecule has 0 aliphatic rings. The van der Waals surface area contributed by atoms with Crippen molar-refractivity contribution in [1.82, 2.24) is 0 Å². The molecule has 0 aliphatic heterocycles. The van der Waals surface area contributed by atoms with E-state index in [1.807, 2.05) is 20.8 Å². The third-order valence-electron chi connectivity index (χ3n) is 2.33. The maximum absolute atomic E-state index is 12.0. The van der Waals surface area contributed by atoms with Crippen LogP contribution in [0.3, 0.4) is 0 Å². The van der Waals surface area contributed by atoms with E-state index < -0.39 is 11.3 Å². The predicted molar refractivity (Wildman–Crippen MR) is 64.3 cm³/mol. The first-order valence-electron chi connectivity index (χ1n) is 5.05. The summed E-state index contributed by atoms with van der Waals surface area (Å²) in [4.78, 5) is 12.0. The second-order valence-corrected chi connectivity index (χ2v) is 5.16. The number of halogens is 1. The molecule has 1 unspecified atom stereocenters. The number of carbonyl (C=O) groups is 1. The van der Waals surface area contributed by atoms with Crippen molar-refractivity contribution in [2.45, 2.75) is 26.7 Å². The van der Waals surface area contributed by atoms with Crippen LogP contribution in [0.25, 0.3) is 0 Å². The summed E-state index contributed by atoms with van der Waals surface area (Å²) in [5.74, 6) is -0.783. The van der Waals surface area contributed by atoms with Gasteiger partial charge in [-0.25, -0.2) is 0 Å². The van der Waals surface area contributed by atoms with Gasteiger partial charge in [0.2, 0.25) is 0 Å². The minimum Gasteiger partial charge on any atom is -0.297 e. The highest BCUT2D eigenvalue weighted by Crippen LogP contribution is 2.27. The van der Waals surface area contributed by atoms with Gasteiger partial charge in [-0.3, -0.25) is 4.79 Å². The van der Waals surface area contributed by atoms with Gasteiger partial charge in [0.05, 0.1) is 6.07 Å². The SMILES string of the molecule is CC(C)(C)C(=O)C(C#N)c1ccc(Cl)cc1. The lowest BCUT2D eigenvalue weighted by atomic mass is 9.80. The lowest BCUT2D eigenvalue weighted by Crippen LogP contribution is -2.26. The summed E-state index contributed by atoms with van der Waals surface area (Å²) in [6.07, 6.45) is 0. The Balaban J connectivity index is 3.06. The minimum absolute atomic E-state index is 0.0719. The minimum atomic E-state index is -0.711. The van der Waals surface area contributed by atoms with Crippen molar-refractivity contribution in [2.75, 3.05) is 0 Å². The van der Waals surface area contributed by atoms with E-state index in [0.29, 0.717) is 10.6 Å². The highest BCUT2D eigenvalue weighted by Gasteiger charge is 2.30. The summed E-state index contributed by atoms with van der Waals surface area (Å²) in [7, 11) is 0. The molecular weight excluding hydrogens is 222 g/mol. The fraction of sp³-hybridized carbons (Fsp3) is 0.385. The normalized spacial score (nSPS) is 12.9. The van der Waals surface area contributed by atoms with E-state index in [1.54, 1.807) is 24.3 Å². The van der Waals surface area contributed by atoms with Crippen LogP contribution in [0.1, 0.15) is 32.3 Å². The van der Waals surface area contributed by atoms with Crippen LogP contribution in [0.4, 0.5) is 0 Å². The number of nitrogens with zero attached hydrogens (tertiary/aromatic N) is 1. The van der Waals surface area contributed by atoms with Crippen molar-refractivity contribution in [1.29, 1.82) is 5.26 Å². The molecule has 0 amide bonds. The molecule has 1 aromatic rings. The van der Waals surface area contributed by atoms with Crippen LogP contribution in [-0.2, 0) is 4.79 Å². The van der Waals surface area contributed by atoms with Gasteiger partial charge in [-0.1, -0.05) is 44.5 Å². The van der Waals surface area contributed by atoms with Crippen molar-refractivity contribution in [3.8, 4) is 6.07 Å². The molecule has 0 aromatic heterocycles. The first kappa shape index (κ1) is 12.7. The lowest BCUT2D eigenvalue weighted by molar-refractivity contribution is -0.126. The highest BCUT2D eigenvalue weighted by molar-refractivity contribution is 6.30. The lowest BCUT2D eigenvalue weighted by Gasteiger charge is -2.20. The van der Waals surface area contributed by atoms with Crippen molar-refractivity contribution in [2.24, 2.45) is 5.41 Å². The van der Waals surface area contributed by atoms with Crippen molar-refractivity contribution >= 4 is 17.4 Å². The highest BCUT2D eigenvalue weighted by atomic mass is 35.5. The molecular formula is C13H14ClNO. The Morgan fingerprint density at radius 2 is 1.81 bits per heavy atom. The molecule has 1 atom stereocenters. The van der Waals surface area contributed by atoms with Crippen LogP contribution in [0.15, 0.2) is 24.3 Å². The molecule has 1 aromatic carbocycles. The van der Waals surface area contributed by atoms with E-state index in [4.69, 9.17) is 16.9 Å². The first-order chi connectivity index (χ1) is 7.36. The van der Waals surface area contributed by atoms with E-state index in [2.05, 4.69) is 6.07 Å². The number of hydrogen-bond acceptors (Lipinski definition) is 2. The molecule has 2 nitrogen and oxygen atoms in total. The molecule has 0 spiro atoms. The summed E-state index contributed by atoms with van der Waals surface area (Å²) in [5.41, 5.74) is 0.187. The third kappa shape index (κ3) is 2.84. The van der Waals surface area contributed by atoms with E-state index in [1.165, 1.54) is 0 Å². The van der Waals surface area contributed by atoms with Crippen molar-refractivity contribution in [3.05, 3.63) is 34.9 Å². The van der Waals surface area contributed by atoms with Crippen LogP contribution in [0.5, 0.6) is 0 Å². The maximum Gasteiger partial charge on any atom is 0.159 e. The molecule has 0 aliphatic carbocycles. The summed E-state index contributed by atoms with van der Waals surface area (Å²) in [5, 5.41) is 9.68. The second kappa shape index (κ2) is 4.67. The number of nitriles is 1. The molecule has 16 heavy (non-hydrogen) atoms. The molecule has 0 N–H and O–H groups in total. The largest absolute Gasteiger partial charge is 0.297 e. The summed E-state index contributed by atoms with van der Waals surface area (Å²) in [6, 6.07) is 8.88.